The minimum absolute atomic E-state index is 0.383. The lowest BCUT2D eigenvalue weighted by Crippen LogP contribution is -2.44. The van der Waals surface area contributed by atoms with Crippen LogP contribution in [0.2, 0.25) is 0 Å². The molecule has 6 rings (SSSR count). The van der Waals surface area contributed by atoms with Crippen LogP contribution in [0.25, 0.3) is 22.2 Å². The van der Waals surface area contributed by atoms with Crippen molar-refractivity contribution in [2.75, 3.05) is 31.1 Å². The van der Waals surface area contributed by atoms with Gasteiger partial charge in [0, 0.05) is 54.4 Å². The number of piperidine rings is 1. The molecule has 1 aromatic heterocycles. The summed E-state index contributed by atoms with van der Waals surface area (Å²) in [5, 5.41) is 11.1. The molecule has 3 aromatic rings. The van der Waals surface area contributed by atoms with Crippen LogP contribution in [-0.4, -0.2) is 52.8 Å². The fourth-order valence-electron chi connectivity index (χ4n) is 7.58. The summed E-state index contributed by atoms with van der Waals surface area (Å²) in [5.74, 6) is -0.308. The second-order valence-corrected chi connectivity index (χ2v) is 11.9. The number of likely N-dealkylation sites (tertiary alicyclic amines) is 1. The minimum Gasteiger partial charge on any atom is -0.478 e. The van der Waals surface area contributed by atoms with Gasteiger partial charge in [-0.15, -0.1) is 0 Å². The van der Waals surface area contributed by atoms with E-state index in [1.165, 1.54) is 97.8 Å². The summed E-state index contributed by atoms with van der Waals surface area (Å²) in [4.78, 5) is 17.3. The predicted octanol–water partition coefficient (Wildman–Crippen LogP) is 7.45. The highest BCUT2D eigenvalue weighted by Crippen LogP contribution is 2.47. The topological polar surface area (TPSA) is 48.7 Å². The van der Waals surface area contributed by atoms with Gasteiger partial charge >= 0.3 is 5.97 Å². The SMILES string of the molecule is CCC1CCCCN1CCN1CCn2c(c(C3CCCCC3)c3ccc(C(=O)O)cc32)-c2ccc(C)cc21. The molecule has 0 bridgehead atoms. The first-order chi connectivity index (χ1) is 18.5. The third kappa shape index (κ3) is 4.64. The van der Waals surface area contributed by atoms with Gasteiger partial charge in [0.05, 0.1) is 11.3 Å². The summed E-state index contributed by atoms with van der Waals surface area (Å²) >= 11 is 0. The van der Waals surface area contributed by atoms with E-state index in [2.05, 4.69) is 52.5 Å². The third-order valence-electron chi connectivity index (χ3n) is 9.58. The van der Waals surface area contributed by atoms with E-state index < -0.39 is 5.97 Å². The van der Waals surface area contributed by atoms with Crippen molar-refractivity contribution < 1.29 is 9.90 Å². The number of hydrogen-bond donors (Lipinski definition) is 1. The monoisotopic (exact) mass is 513 g/mol. The van der Waals surface area contributed by atoms with Gasteiger partial charge in [-0.1, -0.05) is 50.8 Å². The number of carboxylic acid groups (broad SMARTS) is 1. The molecule has 2 aromatic carbocycles. The largest absolute Gasteiger partial charge is 0.478 e. The normalized spacial score (nSPS) is 20.8. The molecular formula is C33H43N3O2. The highest BCUT2D eigenvalue weighted by atomic mass is 16.4. The van der Waals surface area contributed by atoms with E-state index in [4.69, 9.17) is 0 Å². The molecule has 202 valence electrons. The van der Waals surface area contributed by atoms with Crippen LogP contribution < -0.4 is 4.90 Å². The molecule has 1 N–H and O–H groups in total. The molecule has 1 saturated heterocycles. The molecule has 3 aliphatic rings. The van der Waals surface area contributed by atoms with E-state index in [0.717, 1.165) is 37.7 Å². The fourth-order valence-corrected chi connectivity index (χ4v) is 7.58. The number of aromatic nitrogens is 1. The van der Waals surface area contributed by atoms with Crippen molar-refractivity contribution in [1.29, 1.82) is 0 Å². The minimum atomic E-state index is -0.847. The van der Waals surface area contributed by atoms with Crippen molar-refractivity contribution in [3.63, 3.8) is 0 Å². The highest BCUT2D eigenvalue weighted by Gasteiger charge is 2.31. The van der Waals surface area contributed by atoms with E-state index in [1.54, 1.807) is 0 Å². The maximum absolute atomic E-state index is 11.9. The first-order valence-corrected chi connectivity index (χ1v) is 15.0. The van der Waals surface area contributed by atoms with Crippen molar-refractivity contribution in [2.24, 2.45) is 0 Å². The Morgan fingerprint density at radius 3 is 2.53 bits per heavy atom. The second-order valence-electron chi connectivity index (χ2n) is 11.9. The first-order valence-electron chi connectivity index (χ1n) is 15.0. The van der Waals surface area contributed by atoms with Crippen LogP contribution in [0.1, 0.15) is 92.1 Å². The van der Waals surface area contributed by atoms with Crippen LogP contribution in [0.15, 0.2) is 36.4 Å². The summed E-state index contributed by atoms with van der Waals surface area (Å²) < 4.78 is 2.47. The second kappa shape index (κ2) is 10.8. The van der Waals surface area contributed by atoms with Crippen LogP contribution in [0, 0.1) is 6.92 Å². The Hall–Kier alpha value is -2.79. The third-order valence-corrected chi connectivity index (χ3v) is 9.58. The molecule has 5 heteroatoms. The highest BCUT2D eigenvalue weighted by molar-refractivity contribution is 5.99. The van der Waals surface area contributed by atoms with Crippen molar-refractivity contribution in [3.8, 4) is 11.3 Å². The van der Waals surface area contributed by atoms with E-state index in [1.807, 2.05) is 12.1 Å². The molecule has 1 saturated carbocycles. The molecule has 2 fully saturated rings. The Balaban J connectivity index is 1.45. The van der Waals surface area contributed by atoms with E-state index >= 15 is 0 Å². The molecule has 1 unspecified atom stereocenters. The molecule has 0 amide bonds. The number of hydrogen-bond acceptors (Lipinski definition) is 3. The Labute approximate surface area is 227 Å². The number of rotatable bonds is 6. The van der Waals surface area contributed by atoms with Crippen LogP contribution in [0.3, 0.4) is 0 Å². The van der Waals surface area contributed by atoms with E-state index in [-0.39, 0.29) is 0 Å². The molecule has 38 heavy (non-hydrogen) atoms. The molecular weight excluding hydrogens is 470 g/mol. The number of aromatic carboxylic acids is 1. The van der Waals surface area contributed by atoms with Crippen LogP contribution in [0.4, 0.5) is 5.69 Å². The number of benzene rings is 2. The molecule has 3 heterocycles. The molecule has 1 aliphatic carbocycles. The molecule has 0 spiro atoms. The van der Waals surface area contributed by atoms with Gasteiger partial charge in [-0.2, -0.15) is 0 Å². The van der Waals surface area contributed by atoms with Crippen molar-refractivity contribution in [3.05, 3.63) is 53.1 Å². The average Bonchev–Trinajstić information content (AvgIpc) is 3.18. The van der Waals surface area contributed by atoms with Gasteiger partial charge in [0.15, 0.2) is 0 Å². The number of carboxylic acids is 1. The summed E-state index contributed by atoms with van der Waals surface area (Å²) in [5.41, 5.74) is 8.27. The lowest BCUT2D eigenvalue weighted by atomic mass is 9.81. The summed E-state index contributed by atoms with van der Waals surface area (Å²) in [7, 11) is 0. The summed E-state index contributed by atoms with van der Waals surface area (Å²) in [6.45, 7) is 9.74. The number of nitrogens with zero attached hydrogens (tertiary/aromatic N) is 3. The van der Waals surface area contributed by atoms with Gasteiger partial charge in [-0.25, -0.2) is 4.79 Å². The summed E-state index contributed by atoms with van der Waals surface area (Å²) in [6, 6.07) is 13.5. The van der Waals surface area contributed by atoms with Crippen molar-refractivity contribution >= 4 is 22.6 Å². The van der Waals surface area contributed by atoms with Gasteiger partial charge < -0.3 is 14.6 Å². The number of aryl methyl sites for hydroxylation is 1. The van der Waals surface area contributed by atoms with E-state index in [0.29, 0.717) is 11.5 Å². The van der Waals surface area contributed by atoms with Gasteiger partial charge in [0.1, 0.15) is 0 Å². The predicted molar refractivity (Wildman–Crippen MR) is 157 cm³/mol. The Kier molecular flexibility index (Phi) is 7.22. The van der Waals surface area contributed by atoms with Gasteiger partial charge in [0.2, 0.25) is 0 Å². The maximum Gasteiger partial charge on any atom is 0.335 e. The zero-order valence-electron chi connectivity index (χ0n) is 23.2. The molecule has 2 aliphatic heterocycles. The zero-order chi connectivity index (χ0) is 26.2. The standard InChI is InChI=1S/C33H43N3O2/c1-3-26-11-7-8-16-34(26)17-18-35-19-20-36-30-22-25(33(37)38)13-15-27(30)31(24-9-5-4-6-10-24)32(36)28-14-12-23(2)21-29(28)35/h12-15,21-22,24,26H,3-11,16-20H2,1-2H3,(H,37,38). The lowest BCUT2D eigenvalue weighted by Gasteiger charge is -2.37. The first kappa shape index (κ1) is 25.5. The number of carbonyl (C=O) groups is 1. The average molecular weight is 514 g/mol. The number of anilines is 1. The van der Waals surface area contributed by atoms with Crippen molar-refractivity contribution in [1.82, 2.24) is 9.47 Å². The Bertz CT molecular complexity index is 1320. The zero-order valence-corrected chi connectivity index (χ0v) is 23.2. The fraction of sp³-hybridized carbons (Fsp3) is 0.545. The van der Waals surface area contributed by atoms with Crippen LogP contribution in [-0.2, 0) is 6.54 Å². The molecule has 1 atom stereocenters. The smallest absolute Gasteiger partial charge is 0.335 e. The molecule has 0 radical (unpaired) electrons. The lowest BCUT2D eigenvalue weighted by molar-refractivity contribution is 0.0697. The van der Waals surface area contributed by atoms with E-state index in [9.17, 15) is 9.90 Å². The molecule has 5 nitrogen and oxygen atoms in total. The van der Waals surface area contributed by atoms with Crippen molar-refractivity contribution in [2.45, 2.75) is 90.1 Å². The van der Waals surface area contributed by atoms with Gasteiger partial charge in [-0.05, 0) is 80.8 Å². The maximum atomic E-state index is 11.9. The Morgan fingerprint density at radius 2 is 1.74 bits per heavy atom. The summed E-state index contributed by atoms with van der Waals surface area (Å²) in [6.07, 6.45) is 11.6. The van der Waals surface area contributed by atoms with Gasteiger partial charge in [-0.3, -0.25) is 4.90 Å². The quantitative estimate of drug-likeness (QED) is 0.372. The Morgan fingerprint density at radius 1 is 0.921 bits per heavy atom. The van der Waals surface area contributed by atoms with Crippen LogP contribution in [0.5, 0.6) is 0 Å². The van der Waals surface area contributed by atoms with Crippen LogP contribution >= 0.6 is 0 Å². The number of fused-ring (bicyclic) bond motifs is 5. The van der Waals surface area contributed by atoms with Gasteiger partial charge in [0.25, 0.3) is 0 Å².